The summed E-state index contributed by atoms with van der Waals surface area (Å²) < 4.78 is 0. The fourth-order valence-electron chi connectivity index (χ4n) is 1.64. The summed E-state index contributed by atoms with van der Waals surface area (Å²) in [4.78, 5) is 0. The van der Waals surface area contributed by atoms with Crippen molar-refractivity contribution in [1.82, 2.24) is 0 Å². The van der Waals surface area contributed by atoms with Crippen molar-refractivity contribution < 1.29 is 0 Å². The van der Waals surface area contributed by atoms with Crippen LogP contribution >= 0.6 is 0 Å². The highest BCUT2D eigenvalue weighted by Crippen LogP contribution is 2.48. The van der Waals surface area contributed by atoms with Gasteiger partial charge in [-0.2, -0.15) is 0 Å². The molecule has 0 aromatic carbocycles. The summed E-state index contributed by atoms with van der Waals surface area (Å²) in [5, 5.41) is 0. The molecule has 0 aliphatic heterocycles. The average molecular weight is 108 g/mol. The van der Waals surface area contributed by atoms with Gasteiger partial charge in [-0.1, -0.05) is 11.6 Å². The molecule has 2 atom stereocenters. The number of allylic oxidation sites excluding steroid dienone is 1. The lowest BCUT2D eigenvalue weighted by Gasteiger charge is -2.08. The van der Waals surface area contributed by atoms with Gasteiger partial charge in [0, 0.05) is 0 Å². The molecule has 0 saturated heterocycles. The minimum absolute atomic E-state index is 0.627. The van der Waals surface area contributed by atoms with Gasteiger partial charge in [0.25, 0.3) is 0 Å². The van der Waals surface area contributed by atoms with Crippen molar-refractivity contribution in [2.45, 2.75) is 12.8 Å². The molecule has 1 fully saturated rings. The van der Waals surface area contributed by atoms with Crippen LogP contribution in [0.2, 0.25) is 0 Å². The van der Waals surface area contributed by atoms with Gasteiger partial charge in [0.1, 0.15) is 0 Å². The highest BCUT2D eigenvalue weighted by molar-refractivity contribution is 5.35. The molecule has 2 aliphatic carbocycles. The van der Waals surface area contributed by atoms with E-state index >= 15 is 0 Å². The lowest BCUT2D eigenvalue weighted by Crippen LogP contribution is -1.94. The van der Waals surface area contributed by atoms with Gasteiger partial charge >= 0.3 is 0 Å². The smallest absolute Gasteiger partial charge is 0.00177 e. The molecule has 0 heterocycles. The van der Waals surface area contributed by atoms with E-state index in [9.17, 15) is 0 Å². The Bertz CT molecular complexity index is 137. The van der Waals surface area contributed by atoms with Crippen LogP contribution in [0.25, 0.3) is 5.73 Å². The molecule has 0 aromatic heterocycles. The molecule has 0 amide bonds. The molecule has 0 spiro atoms. The molecule has 1 nitrogen and oxygen atoms in total. The van der Waals surface area contributed by atoms with Crippen molar-refractivity contribution >= 4 is 0 Å². The first-order chi connectivity index (χ1) is 3.92. The second kappa shape index (κ2) is 1.35. The number of rotatable bonds is 1. The van der Waals surface area contributed by atoms with Crippen LogP contribution in [0.4, 0.5) is 0 Å². The van der Waals surface area contributed by atoms with Crippen LogP contribution in [0, 0.1) is 11.8 Å². The average Bonchev–Trinajstić information content (AvgIpc) is 2.46. The SMILES string of the molecule is [NH-]CC1CCC2C=C21. The summed E-state index contributed by atoms with van der Waals surface area (Å²) in [5.74, 6) is 1.53. The van der Waals surface area contributed by atoms with E-state index in [2.05, 4.69) is 6.08 Å². The highest BCUT2D eigenvalue weighted by Gasteiger charge is 2.35. The maximum Gasteiger partial charge on any atom is -0.00177 e. The molecule has 0 radical (unpaired) electrons. The Labute approximate surface area is 49.6 Å². The van der Waals surface area contributed by atoms with Gasteiger partial charge in [-0.05, 0) is 24.7 Å². The number of nitrogens with one attached hydrogen (secondary N) is 1. The third-order valence-corrected chi connectivity index (χ3v) is 2.26. The van der Waals surface area contributed by atoms with Crippen LogP contribution in [0.1, 0.15) is 12.8 Å². The van der Waals surface area contributed by atoms with Gasteiger partial charge in [0.2, 0.25) is 0 Å². The zero-order valence-corrected chi connectivity index (χ0v) is 4.85. The first-order valence-corrected chi connectivity index (χ1v) is 3.28. The van der Waals surface area contributed by atoms with Crippen LogP contribution in [0.5, 0.6) is 0 Å². The Kier molecular flexibility index (Phi) is 0.770. The minimum Gasteiger partial charge on any atom is -0.677 e. The van der Waals surface area contributed by atoms with E-state index in [1.54, 1.807) is 5.57 Å². The number of hydrogen-bond acceptors (Lipinski definition) is 0. The summed E-state index contributed by atoms with van der Waals surface area (Å²) in [6.07, 6.45) is 4.96. The second-order valence-electron chi connectivity index (χ2n) is 2.75. The van der Waals surface area contributed by atoms with E-state index < -0.39 is 0 Å². The van der Waals surface area contributed by atoms with E-state index in [0.29, 0.717) is 12.5 Å². The highest BCUT2D eigenvalue weighted by atomic mass is 14.6. The summed E-state index contributed by atoms with van der Waals surface area (Å²) in [5.41, 5.74) is 8.71. The van der Waals surface area contributed by atoms with Crippen LogP contribution in [0.15, 0.2) is 11.6 Å². The first-order valence-electron chi connectivity index (χ1n) is 3.28. The molecule has 1 heteroatoms. The maximum absolute atomic E-state index is 7.12. The van der Waals surface area contributed by atoms with E-state index in [4.69, 9.17) is 5.73 Å². The van der Waals surface area contributed by atoms with E-state index in [0.717, 1.165) is 5.92 Å². The van der Waals surface area contributed by atoms with Crippen molar-refractivity contribution in [3.8, 4) is 0 Å². The standard InChI is InChI=1S/C7H10N/c8-4-6-2-1-5-3-7(5)6/h3,5-6,8H,1-2,4H2/q-1. The molecule has 1 N–H and O–H groups in total. The third-order valence-electron chi connectivity index (χ3n) is 2.26. The van der Waals surface area contributed by atoms with E-state index in [1.165, 1.54) is 12.8 Å². The zero-order valence-electron chi connectivity index (χ0n) is 4.85. The van der Waals surface area contributed by atoms with Crippen molar-refractivity contribution in [1.29, 1.82) is 0 Å². The third kappa shape index (κ3) is 0.451. The number of hydrogen-bond donors (Lipinski definition) is 0. The van der Waals surface area contributed by atoms with Gasteiger partial charge in [-0.15, -0.1) is 6.54 Å². The van der Waals surface area contributed by atoms with Crippen LogP contribution in [0.3, 0.4) is 0 Å². The quantitative estimate of drug-likeness (QED) is 0.459. The zero-order chi connectivity index (χ0) is 5.56. The Hall–Kier alpha value is -0.300. The molecular weight excluding hydrogens is 98.1 g/mol. The lowest BCUT2D eigenvalue weighted by atomic mass is 10.1. The van der Waals surface area contributed by atoms with Gasteiger partial charge < -0.3 is 5.73 Å². The van der Waals surface area contributed by atoms with Crippen LogP contribution in [-0.4, -0.2) is 6.54 Å². The molecule has 1 saturated carbocycles. The van der Waals surface area contributed by atoms with E-state index in [-0.39, 0.29) is 0 Å². The van der Waals surface area contributed by atoms with Gasteiger partial charge in [-0.3, -0.25) is 0 Å². The van der Waals surface area contributed by atoms with Crippen LogP contribution in [-0.2, 0) is 0 Å². The van der Waals surface area contributed by atoms with Crippen molar-refractivity contribution in [2.24, 2.45) is 11.8 Å². The summed E-state index contributed by atoms with van der Waals surface area (Å²) in [6, 6.07) is 0. The molecule has 8 heavy (non-hydrogen) atoms. The van der Waals surface area contributed by atoms with Crippen molar-refractivity contribution in [3.05, 3.63) is 17.4 Å². The van der Waals surface area contributed by atoms with Crippen molar-refractivity contribution in [3.63, 3.8) is 0 Å². The molecule has 2 aliphatic rings. The fourth-order valence-corrected chi connectivity index (χ4v) is 1.64. The Balaban J connectivity index is 2.06. The topological polar surface area (TPSA) is 23.8 Å². The summed E-state index contributed by atoms with van der Waals surface area (Å²) >= 11 is 0. The number of fused-ring (bicyclic) bond motifs is 1. The predicted octanol–water partition coefficient (Wildman–Crippen LogP) is 2.00. The predicted molar refractivity (Wildman–Crippen MR) is 33.5 cm³/mol. The Morgan fingerprint density at radius 2 is 2.50 bits per heavy atom. The molecule has 2 unspecified atom stereocenters. The van der Waals surface area contributed by atoms with Gasteiger partial charge in [0.05, 0.1) is 0 Å². The largest absolute Gasteiger partial charge is 0.677 e. The summed E-state index contributed by atoms with van der Waals surface area (Å²) in [6.45, 7) is 0.627. The Morgan fingerprint density at radius 3 is 2.75 bits per heavy atom. The molecular formula is C7H10N-. The minimum atomic E-state index is 0.627. The molecule has 0 aromatic rings. The van der Waals surface area contributed by atoms with Gasteiger partial charge in [-0.25, -0.2) is 0 Å². The molecule has 2 rings (SSSR count). The van der Waals surface area contributed by atoms with Crippen molar-refractivity contribution in [2.75, 3.05) is 6.54 Å². The fraction of sp³-hybridized carbons (Fsp3) is 0.714. The molecule has 0 bridgehead atoms. The Morgan fingerprint density at radius 1 is 1.62 bits per heavy atom. The normalized spacial score (nSPS) is 41.4. The first kappa shape index (κ1) is 4.57. The van der Waals surface area contributed by atoms with Crippen LogP contribution < -0.4 is 0 Å². The summed E-state index contributed by atoms with van der Waals surface area (Å²) in [7, 11) is 0. The maximum atomic E-state index is 7.12. The van der Waals surface area contributed by atoms with Gasteiger partial charge in [0.15, 0.2) is 0 Å². The lowest BCUT2D eigenvalue weighted by molar-refractivity contribution is 0.664. The van der Waals surface area contributed by atoms with E-state index in [1.807, 2.05) is 0 Å². The molecule has 44 valence electrons. The second-order valence-corrected chi connectivity index (χ2v) is 2.75. The monoisotopic (exact) mass is 108 g/mol.